The lowest BCUT2D eigenvalue weighted by atomic mass is 9.95. The molecule has 1 aliphatic rings. The number of piperidine rings is 1. The van der Waals surface area contributed by atoms with Crippen LogP contribution >= 0.6 is 11.3 Å². The Hall–Kier alpha value is -1.56. The highest BCUT2D eigenvalue weighted by Gasteiger charge is 2.28. The number of rotatable bonds is 3. The first-order chi connectivity index (χ1) is 10.3. The second-order valence-electron chi connectivity index (χ2n) is 6.44. The van der Waals surface area contributed by atoms with E-state index in [9.17, 15) is 9.59 Å². The molecule has 6 heteroatoms. The number of amides is 1. The maximum atomic E-state index is 12.0. The molecule has 22 heavy (non-hydrogen) atoms. The summed E-state index contributed by atoms with van der Waals surface area (Å²) < 4.78 is 10.6. The highest BCUT2D eigenvalue weighted by Crippen LogP contribution is 2.37. The van der Waals surface area contributed by atoms with Crippen molar-refractivity contribution in [3.63, 3.8) is 0 Å². The van der Waals surface area contributed by atoms with E-state index in [4.69, 9.17) is 9.47 Å². The molecule has 0 saturated carbocycles. The van der Waals surface area contributed by atoms with Crippen molar-refractivity contribution in [1.82, 2.24) is 4.90 Å². The number of likely N-dealkylation sites (tertiary alicyclic amines) is 1. The Balaban J connectivity index is 1.96. The molecule has 1 fully saturated rings. The normalized spacial score (nSPS) is 16.5. The van der Waals surface area contributed by atoms with Crippen LogP contribution in [0.2, 0.25) is 0 Å². The van der Waals surface area contributed by atoms with Crippen molar-refractivity contribution in [2.45, 2.75) is 45.1 Å². The van der Waals surface area contributed by atoms with Gasteiger partial charge in [-0.2, -0.15) is 0 Å². The van der Waals surface area contributed by atoms with E-state index in [-0.39, 0.29) is 6.09 Å². The van der Waals surface area contributed by atoms with Crippen molar-refractivity contribution in [3.05, 3.63) is 15.8 Å². The molecule has 1 aromatic heterocycles. The van der Waals surface area contributed by atoms with Gasteiger partial charge >= 0.3 is 6.09 Å². The molecule has 1 aliphatic heterocycles. The van der Waals surface area contributed by atoms with Crippen LogP contribution in [0, 0.1) is 0 Å². The average Bonchev–Trinajstić information content (AvgIpc) is 2.89. The third kappa shape index (κ3) is 4.00. The van der Waals surface area contributed by atoms with Gasteiger partial charge in [0.05, 0.1) is 7.11 Å². The fourth-order valence-electron chi connectivity index (χ4n) is 2.52. The van der Waals surface area contributed by atoms with E-state index in [0.717, 1.165) is 24.0 Å². The van der Waals surface area contributed by atoms with Crippen molar-refractivity contribution in [2.75, 3.05) is 20.2 Å². The monoisotopic (exact) mass is 325 g/mol. The van der Waals surface area contributed by atoms with E-state index >= 15 is 0 Å². The minimum absolute atomic E-state index is 0.247. The first kappa shape index (κ1) is 16.8. The molecule has 0 aromatic carbocycles. The largest absolute Gasteiger partial charge is 0.495 e. The van der Waals surface area contributed by atoms with Gasteiger partial charge in [-0.1, -0.05) is 0 Å². The van der Waals surface area contributed by atoms with Gasteiger partial charge in [-0.3, -0.25) is 4.79 Å². The molecular formula is C16H23NO4S. The van der Waals surface area contributed by atoms with Gasteiger partial charge in [0.2, 0.25) is 0 Å². The fraction of sp³-hybridized carbons (Fsp3) is 0.625. The summed E-state index contributed by atoms with van der Waals surface area (Å²) in [5, 5.41) is 0. The zero-order chi connectivity index (χ0) is 16.3. The van der Waals surface area contributed by atoms with Crippen molar-refractivity contribution in [1.29, 1.82) is 0 Å². The summed E-state index contributed by atoms with van der Waals surface area (Å²) in [6.45, 7) is 6.97. The summed E-state index contributed by atoms with van der Waals surface area (Å²) in [6, 6.07) is 1.95. The number of methoxy groups -OCH3 is 1. The molecule has 0 spiro atoms. The summed E-state index contributed by atoms with van der Waals surface area (Å²) in [4.78, 5) is 26.6. The summed E-state index contributed by atoms with van der Waals surface area (Å²) >= 11 is 1.48. The quantitative estimate of drug-likeness (QED) is 0.795. The van der Waals surface area contributed by atoms with Crippen LogP contribution in [0.4, 0.5) is 4.79 Å². The van der Waals surface area contributed by atoms with Gasteiger partial charge in [-0.05, 0) is 45.6 Å². The third-order valence-corrected chi connectivity index (χ3v) is 4.82. The summed E-state index contributed by atoms with van der Waals surface area (Å²) in [6.07, 6.45) is 2.34. The predicted molar refractivity (Wildman–Crippen MR) is 86.0 cm³/mol. The Morgan fingerprint density at radius 3 is 2.45 bits per heavy atom. The van der Waals surface area contributed by atoms with Crippen LogP contribution in [-0.4, -0.2) is 43.1 Å². The molecule has 0 radical (unpaired) electrons. The predicted octanol–water partition coefficient (Wildman–Crippen LogP) is 3.68. The van der Waals surface area contributed by atoms with Gasteiger partial charge in [0.15, 0.2) is 6.29 Å². The van der Waals surface area contributed by atoms with Crippen molar-refractivity contribution < 1.29 is 19.1 Å². The molecule has 0 aliphatic carbocycles. The molecule has 0 bridgehead atoms. The second kappa shape index (κ2) is 6.69. The number of carbonyl (C=O) groups excluding carboxylic acids is 2. The number of thiophene rings is 1. The molecule has 0 unspecified atom stereocenters. The molecular weight excluding hydrogens is 302 g/mol. The number of carbonyl (C=O) groups is 2. The number of hydrogen-bond acceptors (Lipinski definition) is 5. The highest BCUT2D eigenvalue weighted by atomic mass is 32.1. The first-order valence-corrected chi connectivity index (χ1v) is 8.26. The molecule has 122 valence electrons. The molecule has 1 aromatic rings. The Bertz CT molecular complexity index is 539. The number of ether oxygens (including phenoxy) is 2. The Morgan fingerprint density at radius 2 is 2.00 bits per heavy atom. The summed E-state index contributed by atoms with van der Waals surface area (Å²) in [5.41, 5.74) is -0.464. The first-order valence-electron chi connectivity index (χ1n) is 7.45. The molecule has 2 heterocycles. The maximum Gasteiger partial charge on any atom is 0.410 e. The molecule has 1 saturated heterocycles. The SMILES string of the molecule is COc1cc(C2CCN(C(=O)OC(C)(C)C)CC2)sc1C=O. The van der Waals surface area contributed by atoms with Gasteiger partial charge in [0.1, 0.15) is 16.2 Å². The zero-order valence-corrected chi connectivity index (χ0v) is 14.4. The fourth-order valence-corrected chi connectivity index (χ4v) is 3.64. The van der Waals surface area contributed by atoms with E-state index < -0.39 is 5.60 Å². The second-order valence-corrected chi connectivity index (χ2v) is 7.56. The Labute approximate surface area is 135 Å². The van der Waals surface area contributed by atoms with Crippen LogP contribution in [0.25, 0.3) is 0 Å². The van der Waals surface area contributed by atoms with Gasteiger partial charge in [-0.25, -0.2) is 4.79 Å². The van der Waals surface area contributed by atoms with Crippen LogP contribution in [0.5, 0.6) is 5.75 Å². The van der Waals surface area contributed by atoms with Crippen LogP contribution in [0.15, 0.2) is 6.07 Å². The molecule has 0 N–H and O–H groups in total. The Morgan fingerprint density at radius 1 is 1.36 bits per heavy atom. The zero-order valence-electron chi connectivity index (χ0n) is 13.5. The number of nitrogens with zero attached hydrogens (tertiary/aromatic N) is 1. The molecule has 2 rings (SSSR count). The average molecular weight is 325 g/mol. The minimum Gasteiger partial charge on any atom is -0.495 e. The molecule has 0 atom stereocenters. The summed E-state index contributed by atoms with van der Waals surface area (Å²) in [5.74, 6) is 1.01. The maximum absolute atomic E-state index is 12.0. The smallest absolute Gasteiger partial charge is 0.410 e. The van der Waals surface area contributed by atoms with E-state index in [1.54, 1.807) is 12.0 Å². The summed E-state index contributed by atoms with van der Waals surface area (Å²) in [7, 11) is 1.57. The molecule has 1 amide bonds. The van der Waals surface area contributed by atoms with Crippen LogP contribution in [0.3, 0.4) is 0 Å². The molecule has 5 nitrogen and oxygen atoms in total. The van der Waals surface area contributed by atoms with Crippen molar-refractivity contribution in [2.24, 2.45) is 0 Å². The van der Waals surface area contributed by atoms with E-state index in [1.807, 2.05) is 26.8 Å². The van der Waals surface area contributed by atoms with Crippen LogP contribution in [0.1, 0.15) is 54.1 Å². The van der Waals surface area contributed by atoms with E-state index in [2.05, 4.69) is 0 Å². The standard InChI is InChI=1S/C16H23NO4S/c1-16(2,3)21-15(19)17-7-5-11(6-8-17)13-9-12(20-4)14(10-18)22-13/h9-11H,5-8H2,1-4H3. The van der Waals surface area contributed by atoms with Crippen LogP contribution in [-0.2, 0) is 4.74 Å². The van der Waals surface area contributed by atoms with Gasteiger partial charge in [0, 0.05) is 18.0 Å². The third-order valence-electron chi connectivity index (χ3n) is 3.62. The highest BCUT2D eigenvalue weighted by molar-refractivity contribution is 7.14. The van der Waals surface area contributed by atoms with Crippen molar-refractivity contribution >= 4 is 23.7 Å². The minimum atomic E-state index is -0.464. The topological polar surface area (TPSA) is 55.8 Å². The van der Waals surface area contributed by atoms with Crippen molar-refractivity contribution in [3.8, 4) is 5.75 Å². The van der Waals surface area contributed by atoms with Gasteiger partial charge < -0.3 is 14.4 Å². The van der Waals surface area contributed by atoms with Gasteiger partial charge in [0.25, 0.3) is 0 Å². The lowest BCUT2D eigenvalue weighted by Crippen LogP contribution is -2.41. The lowest BCUT2D eigenvalue weighted by Gasteiger charge is -2.33. The number of aldehydes is 1. The Kier molecular flexibility index (Phi) is 5.11. The van der Waals surface area contributed by atoms with E-state index in [0.29, 0.717) is 29.6 Å². The van der Waals surface area contributed by atoms with Gasteiger partial charge in [-0.15, -0.1) is 11.3 Å². The van der Waals surface area contributed by atoms with Crippen LogP contribution < -0.4 is 4.74 Å². The lowest BCUT2D eigenvalue weighted by molar-refractivity contribution is 0.0205. The number of hydrogen-bond donors (Lipinski definition) is 0. The van der Waals surface area contributed by atoms with E-state index in [1.165, 1.54) is 11.3 Å².